The van der Waals surface area contributed by atoms with E-state index in [1.54, 1.807) is 0 Å². The minimum Gasteiger partial charge on any atom is -0.344 e. The molecule has 1 aromatic rings. The third-order valence-electron chi connectivity index (χ3n) is 2.58. The van der Waals surface area contributed by atoms with Crippen molar-refractivity contribution in [3.8, 4) is 0 Å². The van der Waals surface area contributed by atoms with Gasteiger partial charge in [-0.25, -0.2) is 0 Å². The largest absolute Gasteiger partial charge is 0.344 e. The van der Waals surface area contributed by atoms with E-state index in [4.69, 9.17) is 0 Å². The van der Waals surface area contributed by atoms with Crippen LogP contribution >= 0.6 is 28.6 Å². The van der Waals surface area contributed by atoms with Crippen molar-refractivity contribution in [1.82, 2.24) is 5.32 Å². The fourth-order valence-corrected chi connectivity index (χ4v) is 2.30. The molecule has 0 fully saturated rings. The quantitative estimate of drug-likeness (QED) is 0.718. The van der Waals surface area contributed by atoms with Gasteiger partial charge in [0.25, 0.3) is 0 Å². The molecule has 104 valence electrons. The van der Waals surface area contributed by atoms with Gasteiger partial charge < -0.3 is 10.6 Å². The lowest BCUT2D eigenvalue weighted by molar-refractivity contribution is -0.124. The van der Waals surface area contributed by atoms with Gasteiger partial charge >= 0.3 is 0 Å². The second kappa shape index (κ2) is 7.55. The van der Waals surface area contributed by atoms with Gasteiger partial charge in [0.2, 0.25) is 11.8 Å². The fraction of sp³-hybridized carbons (Fsp3) is 0.385. The number of hydrogen-bond acceptors (Lipinski definition) is 3. The Morgan fingerprint density at radius 1 is 1.42 bits per heavy atom. The van der Waals surface area contributed by atoms with E-state index in [9.17, 15) is 9.59 Å². The highest BCUT2D eigenvalue weighted by Gasteiger charge is 2.18. The van der Waals surface area contributed by atoms with E-state index >= 15 is 0 Å². The van der Waals surface area contributed by atoms with Crippen LogP contribution < -0.4 is 10.6 Å². The van der Waals surface area contributed by atoms with Crippen LogP contribution in [0.15, 0.2) is 22.7 Å². The van der Waals surface area contributed by atoms with Crippen molar-refractivity contribution in [3.63, 3.8) is 0 Å². The molecule has 4 nitrogen and oxygen atoms in total. The maximum absolute atomic E-state index is 12.0. The first-order chi connectivity index (χ1) is 8.97. The fourth-order valence-electron chi connectivity index (χ4n) is 1.64. The second-order valence-corrected chi connectivity index (χ2v) is 5.36. The maximum atomic E-state index is 12.0. The smallest absolute Gasteiger partial charge is 0.247 e. The van der Waals surface area contributed by atoms with Crippen molar-refractivity contribution >= 4 is 46.1 Å². The molecule has 0 saturated heterocycles. The van der Waals surface area contributed by atoms with Crippen LogP contribution in [0.25, 0.3) is 0 Å². The average Bonchev–Trinajstić information content (AvgIpc) is 2.37. The zero-order valence-electron chi connectivity index (χ0n) is 10.9. The second-order valence-electron chi connectivity index (χ2n) is 4.08. The molecule has 1 aromatic carbocycles. The van der Waals surface area contributed by atoms with Gasteiger partial charge in [-0.15, -0.1) is 0 Å². The number of aryl methyl sites for hydroxylation is 1. The van der Waals surface area contributed by atoms with Crippen LogP contribution in [0.3, 0.4) is 0 Å². The van der Waals surface area contributed by atoms with Gasteiger partial charge in [-0.1, -0.05) is 22.9 Å². The number of rotatable bonds is 5. The molecule has 0 aliphatic carbocycles. The van der Waals surface area contributed by atoms with Crippen LogP contribution in [0, 0.1) is 0 Å². The predicted molar refractivity (Wildman–Crippen MR) is 83.6 cm³/mol. The Kier molecular flexibility index (Phi) is 6.37. The summed E-state index contributed by atoms with van der Waals surface area (Å²) in [5, 5.41) is 5.38. The lowest BCUT2D eigenvalue weighted by Gasteiger charge is -2.17. The minimum atomic E-state index is -0.630. The predicted octanol–water partition coefficient (Wildman–Crippen LogP) is 2.38. The number of amides is 2. The van der Waals surface area contributed by atoms with Gasteiger partial charge in [0, 0.05) is 22.8 Å². The molecule has 1 unspecified atom stereocenters. The maximum Gasteiger partial charge on any atom is 0.247 e. The van der Waals surface area contributed by atoms with Crippen LogP contribution in [-0.4, -0.2) is 23.6 Å². The Morgan fingerprint density at radius 2 is 2.11 bits per heavy atom. The third-order valence-corrected chi connectivity index (χ3v) is 3.44. The van der Waals surface area contributed by atoms with Crippen LogP contribution in [-0.2, 0) is 16.0 Å². The van der Waals surface area contributed by atoms with Crippen LogP contribution in [0.4, 0.5) is 5.69 Å². The van der Waals surface area contributed by atoms with Gasteiger partial charge in [0.15, 0.2) is 0 Å². The first-order valence-electron chi connectivity index (χ1n) is 5.95. The molecule has 0 heterocycles. The SMILES string of the molecule is CCc1cc(Br)ccc1NC(=O)C(CS)NC(C)=O. The molecule has 0 aliphatic heterocycles. The van der Waals surface area contributed by atoms with E-state index in [-0.39, 0.29) is 17.6 Å². The van der Waals surface area contributed by atoms with E-state index in [1.165, 1.54) is 6.92 Å². The van der Waals surface area contributed by atoms with Crippen LogP contribution in [0.2, 0.25) is 0 Å². The molecule has 6 heteroatoms. The number of anilines is 1. The molecule has 0 aliphatic rings. The van der Waals surface area contributed by atoms with Crippen molar-refractivity contribution in [1.29, 1.82) is 0 Å². The van der Waals surface area contributed by atoms with Gasteiger partial charge in [0.1, 0.15) is 6.04 Å². The Balaban J connectivity index is 2.83. The zero-order chi connectivity index (χ0) is 14.4. The first kappa shape index (κ1) is 16.0. The van der Waals surface area contributed by atoms with Crippen molar-refractivity contribution in [3.05, 3.63) is 28.2 Å². The van der Waals surface area contributed by atoms with Gasteiger partial charge in [0.05, 0.1) is 0 Å². The molecule has 0 bridgehead atoms. The summed E-state index contributed by atoms with van der Waals surface area (Å²) >= 11 is 7.47. The van der Waals surface area contributed by atoms with E-state index in [0.29, 0.717) is 0 Å². The molecule has 0 aromatic heterocycles. The number of carbonyl (C=O) groups excluding carboxylic acids is 2. The number of nitrogens with one attached hydrogen (secondary N) is 2. The molecule has 0 spiro atoms. The lowest BCUT2D eigenvalue weighted by atomic mass is 10.1. The Bertz CT molecular complexity index is 480. The van der Waals surface area contributed by atoms with Gasteiger partial charge in [-0.05, 0) is 30.2 Å². The van der Waals surface area contributed by atoms with Crippen molar-refractivity contribution in [2.75, 3.05) is 11.1 Å². The number of halogens is 1. The molecular weight excluding hydrogens is 328 g/mol. The van der Waals surface area contributed by atoms with E-state index in [1.807, 2.05) is 25.1 Å². The standard InChI is InChI=1S/C13H17BrN2O2S/c1-3-9-6-10(14)4-5-11(9)16-13(18)12(7-19)15-8(2)17/h4-6,12,19H,3,7H2,1-2H3,(H,15,17)(H,16,18). The van der Waals surface area contributed by atoms with Crippen LogP contribution in [0.5, 0.6) is 0 Å². The molecule has 0 saturated carbocycles. The number of thiol groups is 1. The monoisotopic (exact) mass is 344 g/mol. The van der Waals surface area contributed by atoms with Crippen molar-refractivity contribution < 1.29 is 9.59 Å². The number of carbonyl (C=O) groups is 2. The van der Waals surface area contributed by atoms with E-state index in [2.05, 4.69) is 39.2 Å². The Labute approximate surface area is 126 Å². The molecule has 1 rings (SSSR count). The molecule has 0 radical (unpaired) electrons. The molecule has 1 atom stereocenters. The highest BCUT2D eigenvalue weighted by Crippen LogP contribution is 2.21. The topological polar surface area (TPSA) is 58.2 Å². The van der Waals surface area contributed by atoms with Gasteiger partial charge in [-0.2, -0.15) is 12.6 Å². The van der Waals surface area contributed by atoms with Crippen molar-refractivity contribution in [2.45, 2.75) is 26.3 Å². The molecule has 2 amide bonds. The van der Waals surface area contributed by atoms with Crippen molar-refractivity contribution in [2.24, 2.45) is 0 Å². The Hall–Kier alpha value is -1.01. The summed E-state index contributed by atoms with van der Waals surface area (Å²) < 4.78 is 0.968. The van der Waals surface area contributed by atoms with Crippen LogP contribution in [0.1, 0.15) is 19.4 Å². The summed E-state index contributed by atoms with van der Waals surface area (Å²) in [6.07, 6.45) is 0.806. The molecule has 19 heavy (non-hydrogen) atoms. The highest BCUT2D eigenvalue weighted by atomic mass is 79.9. The zero-order valence-corrected chi connectivity index (χ0v) is 13.3. The molecule has 2 N–H and O–H groups in total. The summed E-state index contributed by atoms with van der Waals surface area (Å²) in [5.41, 5.74) is 1.79. The summed E-state index contributed by atoms with van der Waals surface area (Å²) in [7, 11) is 0. The van der Waals surface area contributed by atoms with Gasteiger partial charge in [-0.3, -0.25) is 9.59 Å². The number of benzene rings is 1. The third kappa shape index (κ3) is 4.87. The average molecular weight is 345 g/mol. The highest BCUT2D eigenvalue weighted by molar-refractivity contribution is 9.10. The number of hydrogen-bond donors (Lipinski definition) is 3. The Morgan fingerprint density at radius 3 is 2.63 bits per heavy atom. The van der Waals surface area contributed by atoms with E-state index < -0.39 is 6.04 Å². The summed E-state index contributed by atoms with van der Waals surface area (Å²) in [6.45, 7) is 3.39. The summed E-state index contributed by atoms with van der Waals surface area (Å²) in [4.78, 5) is 23.1. The minimum absolute atomic E-state index is 0.249. The summed E-state index contributed by atoms with van der Waals surface area (Å²) in [6, 6.07) is 5.03. The van der Waals surface area contributed by atoms with E-state index in [0.717, 1.165) is 22.1 Å². The first-order valence-corrected chi connectivity index (χ1v) is 7.37. The molecular formula is C13H17BrN2O2S. The normalized spacial score (nSPS) is 11.8. The summed E-state index contributed by atoms with van der Waals surface area (Å²) in [5.74, 6) is -0.258. The lowest BCUT2D eigenvalue weighted by Crippen LogP contribution is -2.44.